The molecular weight excluding hydrogens is 358 g/mol. The van der Waals surface area contributed by atoms with Crippen molar-refractivity contribution in [3.05, 3.63) is 17.7 Å². The highest BCUT2D eigenvalue weighted by Crippen LogP contribution is 2.38. The lowest BCUT2D eigenvalue weighted by Crippen LogP contribution is -2.41. The number of rotatable bonds is 10. The van der Waals surface area contributed by atoms with Crippen molar-refractivity contribution in [3.63, 3.8) is 0 Å². The van der Waals surface area contributed by atoms with E-state index >= 15 is 0 Å². The summed E-state index contributed by atoms with van der Waals surface area (Å²) in [7, 11) is 0. The first-order valence-electron chi connectivity index (χ1n) is 9.19. The van der Waals surface area contributed by atoms with Gasteiger partial charge in [-0.25, -0.2) is 4.99 Å². The first-order chi connectivity index (χ1) is 13.1. The minimum atomic E-state index is -2.92. The minimum absolute atomic E-state index is 0.0389. The van der Waals surface area contributed by atoms with E-state index in [4.69, 9.17) is 9.47 Å². The summed E-state index contributed by atoms with van der Waals surface area (Å²) < 4.78 is 40.6. The molecule has 0 aromatic heterocycles. The Kier molecular flexibility index (Phi) is 8.38. The number of nitrogens with zero attached hydrogens (tertiary/aromatic N) is 2. The number of guanidine groups is 1. The molecule has 152 valence electrons. The van der Waals surface area contributed by atoms with E-state index in [2.05, 4.69) is 39.1 Å². The Labute approximate surface area is 158 Å². The minimum Gasteiger partial charge on any atom is -0.454 e. The molecule has 0 saturated heterocycles. The van der Waals surface area contributed by atoms with Crippen LogP contribution >= 0.6 is 0 Å². The van der Waals surface area contributed by atoms with Crippen molar-refractivity contribution < 1.29 is 23.0 Å². The van der Waals surface area contributed by atoms with Crippen LogP contribution < -0.4 is 24.8 Å². The van der Waals surface area contributed by atoms with Gasteiger partial charge < -0.3 is 29.7 Å². The highest BCUT2D eigenvalue weighted by molar-refractivity contribution is 5.79. The largest absolute Gasteiger partial charge is 0.454 e. The number of nitrogens with one attached hydrogen (secondary N) is 2. The van der Waals surface area contributed by atoms with Crippen LogP contribution in [0.25, 0.3) is 0 Å². The van der Waals surface area contributed by atoms with E-state index in [0.29, 0.717) is 29.6 Å². The van der Waals surface area contributed by atoms with E-state index < -0.39 is 6.61 Å². The number of aliphatic imine (C=N–C) groups is 1. The third kappa shape index (κ3) is 6.42. The predicted octanol–water partition coefficient (Wildman–Crippen LogP) is 2.41. The van der Waals surface area contributed by atoms with Gasteiger partial charge >= 0.3 is 6.61 Å². The molecule has 0 spiro atoms. The van der Waals surface area contributed by atoms with Gasteiger partial charge in [-0.1, -0.05) is 13.8 Å². The maximum absolute atomic E-state index is 12.7. The molecule has 0 radical (unpaired) electrons. The summed E-state index contributed by atoms with van der Waals surface area (Å²) in [6.45, 7) is 7.79. The van der Waals surface area contributed by atoms with E-state index in [9.17, 15) is 8.78 Å². The highest BCUT2D eigenvalue weighted by atomic mass is 19.3. The first-order valence-corrected chi connectivity index (χ1v) is 9.19. The van der Waals surface area contributed by atoms with Crippen molar-refractivity contribution in [2.24, 2.45) is 4.99 Å². The predicted molar refractivity (Wildman–Crippen MR) is 99.8 cm³/mol. The Morgan fingerprint density at radius 3 is 2.52 bits per heavy atom. The SMILES string of the molecule is CCNC(=NCc1cc2c(cc1OC(F)F)OCO2)NCCN(CC)CC. The number of hydrogen-bond donors (Lipinski definition) is 2. The van der Waals surface area contributed by atoms with Crippen molar-refractivity contribution in [2.45, 2.75) is 33.9 Å². The Morgan fingerprint density at radius 2 is 1.89 bits per heavy atom. The van der Waals surface area contributed by atoms with E-state index in [0.717, 1.165) is 26.2 Å². The molecule has 0 fully saturated rings. The van der Waals surface area contributed by atoms with Crippen LogP contribution in [-0.4, -0.2) is 57.0 Å². The fourth-order valence-electron chi connectivity index (χ4n) is 2.67. The maximum atomic E-state index is 12.7. The second-order valence-electron chi connectivity index (χ2n) is 5.84. The highest BCUT2D eigenvalue weighted by Gasteiger charge is 2.20. The van der Waals surface area contributed by atoms with Crippen molar-refractivity contribution in [1.29, 1.82) is 0 Å². The molecule has 0 saturated carbocycles. The van der Waals surface area contributed by atoms with Gasteiger partial charge in [0.15, 0.2) is 17.5 Å². The number of ether oxygens (including phenoxy) is 3. The van der Waals surface area contributed by atoms with E-state index in [1.807, 2.05) is 6.92 Å². The fraction of sp³-hybridized carbons (Fsp3) is 0.611. The Bertz CT molecular complexity index is 625. The fourth-order valence-corrected chi connectivity index (χ4v) is 2.67. The monoisotopic (exact) mass is 386 g/mol. The number of fused-ring (bicyclic) bond motifs is 1. The van der Waals surface area contributed by atoms with Gasteiger partial charge in [0.1, 0.15) is 5.75 Å². The van der Waals surface area contributed by atoms with Crippen LogP contribution in [0.2, 0.25) is 0 Å². The van der Waals surface area contributed by atoms with Crippen molar-refractivity contribution in [2.75, 3.05) is 39.5 Å². The molecule has 0 unspecified atom stereocenters. The number of alkyl halides is 2. The topological polar surface area (TPSA) is 67.4 Å². The van der Waals surface area contributed by atoms with Crippen LogP contribution in [-0.2, 0) is 6.54 Å². The standard InChI is InChI=1S/C18H28F2N4O3/c1-4-21-18(22-7-8-24(5-2)6-3)23-11-13-9-15-16(26-12-25-15)10-14(13)27-17(19)20/h9-10,17H,4-8,11-12H2,1-3H3,(H2,21,22,23). The summed E-state index contributed by atoms with van der Waals surface area (Å²) in [6, 6.07) is 3.04. The van der Waals surface area contributed by atoms with Gasteiger partial charge in [0.2, 0.25) is 6.79 Å². The molecule has 0 bridgehead atoms. The third-order valence-electron chi connectivity index (χ3n) is 4.14. The first kappa shape index (κ1) is 21.0. The van der Waals surface area contributed by atoms with E-state index in [1.165, 1.54) is 6.07 Å². The number of benzene rings is 1. The van der Waals surface area contributed by atoms with Crippen LogP contribution in [0.4, 0.5) is 8.78 Å². The normalized spacial score (nSPS) is 13.4. The van der Waals surface area contributed by atoms with E-state index in [1.54, 1.807) is 6.07 Å². The average Bonchev–Trinajstić information content (AvgIpc) is 3.09. The molecule has 0 atom stereocenters. The summed E-state index contributed by atoms with van der Waals surface area (Å²) in [5.41, 5.74) is 0.500. The van der Waals surface area contributed by atoms with Crippen LogP contribution in [0.3, 0.4) is 0 Å². The molecule has 2 rings (SSSR count). The van der Waals surface area contributed by atoms with Crippen LogP contribution in [0, 0.1) is 0 Å². The Balaban J connectivity index is 2.07. The molecule has 2 N–H and O–H groups in total. The Morgan fingerprint density at radius 1 is 1.19 bits per heavy atom. The summed E-state index contributed by atoms with van der Waals surface area (Å²) >= 11 is 0. The van der Waals surface area contributed by atoms with Crippen LogP contribution in [0.5, 0.6) is 17.2 Å². The molecule has 0 amide bonds. The van der Waals surface area contributed by atoms with Crippen LogP contribution in [0.1, 0.15) is 26.3 Å². The summed E-state index contributed by atoms with van der Waals surface area (Å²) in [5.74, 6) is 1.55. The second kappa shape index (κ2) is 10.8. The zero-order valence-corrected chi connectivity index (χ0v) is 16.1. The lowest BCUT2D eigenvalue weighted by molar-refractivity contribution is -0.0505. The zero-order valence-electron chi connectivity index (χ0n) is 16.1. The van der Waals surface area contributed by atoms with Gasteiger partial charge in [0, 0.05) is 31.3 Å². The molecule has 9 heteroatoms. The summed E-state index contributed by atoms with van der Waals surface area (Å²) in [4.78, 5) is 6.77. The van der Waals surface area contributed by atoms with Crippen molar-refractivity contribution >= 4 is 5.96 Å². The summed E-state index contributed by atoms with van der Waals surface area (Å²) in [6.07, 6.45) is 0. The second-order valence-corrected chi connectivity index (χ2v) is 5.84. The lowest BCUT2D eigenvalue weighted by atomic mass is 10.1. The number of halogens is 2. The van der Waals surface area contributed by atoms with Gasteiger partial charge in [-0.15, -0.1) is 0 Å². The molecule has 1 aromatic rings. The number of hydrogen-bond acceptors (Lipinski definition) is 5. The average molecular weight is 386 g/mol. The van der Waals surface area contributed by atoms with Crippen molar-refractivity contribution in [3.8, 4) is 17.2 Å². The quantitative estimate of drug-likeness (QED) is 0.476. The van der Waals surface area contributed by atoms with Crippen molar-refractivity contribution in [1.82, 2.24) is 15.5 Å². The zero-order chi connectivity index (χ0) is 19.6. The van der Waals surface area contributed by atoms with Gasteiger partial charge in [0.05, 0.1) is 6.54 Å². The van der Waals surface area contributed by atoms with Crippen LogP contribution in [0.15, 0.2) is 17.1 Å². The lowest BCUT2D eigenvalue weighted by Gasteiger charge is -2.19. The number of likely N-dealkylation sites (N-methyl/N-ethyl adjacent to an activating group) is 1. The summed E-state index contributed by atoms with van der Waals surface area (Å²) in [5, 5.41) is 6.41. The molecule has 1 heterocycles. The molecule has 1 aliphatic rings. The van der Waals surface area contributed by atoms with Gasteiger partial charge in [-0.05, 0) is 26.1 Å². The molecular formula is C18H28F2N4O3. The van der Waals surface area contributed by atoms with Gasteiger partial charge in [0.25, 0.3) is 0 Å². The molecule has 1 aromatic carbocycles. The van der Waals surface area contributed by atoms with Gasteiger partial charge in [-0.3, -0.25) is 0 Å². The van der Waals surface area contributed by atoms with Gasteiger partial charge in [-0.2, -0.15) is 8.78 Å². The smallest absolute Gasteiger partial charge is 0.387 e. The molecule has 27 heavy (non-hydrogen) atoms. The molecule has 7 nitrogen and oxygen atoms in total. The maximum Gasteiger partial charge on any atom is 0.387 e. The molecule has 0 aliphatic carbocycles. The third-order valence-corrected chi connectivity index (χ3v) is 4.14. The molecule has 1 aliphatic heterocycles. The van der Waals surface area contributed by atoms with E-state index in [-0.39, 0.29) is 19.1 Å². The Hall–Kier alpha value is -2.29.